The molecular weight excluding hydrogens is 316 g/mol. The van der Waals surface area contributed by atoms with Crippen LogP contribution in [0.25, 0.3) is 0 Å². The molecule has 5 heteroatoms. The van der Waals surface area contributed by atoms with E-state index in [1.165, 1.54) is 7.11 Å². The summed E-state index contributed by atoms with van der Waals surface area (Å²) >= 11 is 0. The van der Waals surface area contributed by atoms with Gasteiger partial charge in [0.2, 0.25) is 5.91 Å². The monoisotopic (exact) mass is 340 g/mol. The zero-order valence-electron chi connectivity index (χ0n) is 14.6. The number of carbonyl (C=O) groups excluding carboxylic acids is 2. The first-order valence-electron chi connectivity index (χ1n) is 8.22. The maximum absolute atomic E-state index is 12.1. The molecule has 0 aromatic heterocycles. The predicted molar refractivity (Wildman–Crippen MR) is 98.0 cm³/mol. The van der Waals surface area contributed by atoms with E-state index in [4.69, 9.17) is 10.5 Å². The number of amides is 1. The van der Waals surface area contributed by atoms with Crippen molar-refractivity contribution in [1.29, 1.82) is 0 Å². The molecule has 5 nitrogen and oxygen atoms in total. The summed E-state index contributed by atoms with van der Waals surface area (Å²) in [5.74, 6) is -0.876. The molecule has 3 N–H and O–H groups in total. The number of nitrogens with two attached hydrogens (primary N) is 1. The van der Waals surface area contributed by atoms with Gasteiger partial charge < -0.3 is 15.8 Å². The van der Waals surface area contributed by atoms with Crippen LogP contribution in [-0.4, -0.2) is 25.5 Å². The van der Waals surface area contributed by atoms with E-state index in [-0.39, 0.29) is 24.8 Å². The molecular formula is C20H24N2O3. The largest absolute Gasteiger partial charge is 0.469 e. The third-order valence-corrected chi connectivity index (χ3v) is 3.99. The number of nitrogen functional groups attached to an aromatic ring is 1. The average Bonchev–Trinajstić information content (AvgIpc) is 2.60. The fraction of sp³-hybridized carbons (Fsp3) is 0.300. The van der Waals surface area contributed by atoms with Gasteiger partial charge in [0.1, 0.15) is 0 Å². The fourth-order valence-corrected chi connectivity index (χ4v) is 2.65. The topological polar surface area (TPSA) is 81.4 Å². The summed E-state index contributed by atoms with van der Waals surface area (Å²) in [5, 5.41) is 2.82. The van der Waals surface area contributed by atoms with E-state index in [0.29, 0.717) is 12.1 Å². The zero-order chi connectivity index (χ0) is 18.2. The van der Waals surface area contributed by atoms with Crippen molar-refractivity contribution in [3.05, 3.63) is 65.2 Å². The second-order valence-electron chi connectivity index (χ2n) is 6.14. The molecule has 0 heterocycles. The predicted octanol–water partition coefficient (Wildman–Crippen LogP) is 2.27. The van der Waals surface area contributed by atoms with Crippen LogP contribution in [0.1, 0.15) is 16.7 Å². The molecule has 0 aliphatic rings. The van der Waals surface area contributed by atoms with Gasteiger partial charge in [-0.15, -0.1) is 0 Å². The van der Waals surface area contributed by atoms with Gasteiger partial charge in [-0.25, -0.2) is 0 Å². The summed E-state index contributed by atoms with van der Waals surface area (Å²) in [6, 6.07) is 15.1. The Bertz CT molecular complexity index is 726. The Morgan fingerprint density at radius 3 is 2.48 bits per heavy atom. The highest BCUT2D eigenvalue weighted by atomic mass is 16.5. The lowest BCUT2D eigenvalue weighted by atomic mass is 9.98. The van der Waals surface area contributed by atoms with E-state index in [1.807, 2.05) is 43.3 Å². The Hall–Kier alpha value is -2.82. The number of anilines is 1. The average molecular weight is 340 g/mol. The van der Waals surface area contributed by atoms with Crippen LogP contribution in [0.3, 0.4) is 0 Å². The minimum absolute atomic E-state index is 0.136. The van der Waals surface area contributed by atoms with Crippen molar-refractivity contribution in [3.63, 3.8) is 0 Å². The van der Waals surface area contributed by atoms with E-state index in [2.05, 4.69) is 5.32 Å². The van der Waals surface area contributed by atoms with E-state index >= 15 is 0 Å². The van der Waals surface area contributed by atoms with Crippen LogP contribution in [-0.2, 0) is 27.2 Å². The summed E-state index contributed by atoms with van der Waals surface area (Å²) < 4.78 is 4.87. The van der Waals surface area contributed by atoms with Gasteiger partial charge in [-0.1, -0.05) is 42.0 Å². The summed E-state index contributed by atoms with van der Waals surface area (Å²) in [5.41, 5.74) is 9.35. The number of esters is 1. The second kappa shape index (κ2) is 8.87. The first-order valence-corrected chi connectivity index (χ1v) is 8.22. The molecule has 0 saturated heterocycles. The highest BCUT2D eigenvalue weighted by Gasteiger charge is 2.20. The van der Waals surface area contributed by atoms with Crippen LogP contribution < -0.4 is 11.1 Å². The molecule has 0 radical (unpaired) electrons. The van der Waals surface area contributed by atoms with E-state index in [0.717, 1.165) is 16.7 Å². The highest BCUT2D eigenvalue weighted by molar-refractivity contribution is 5.80. The van der Waals surface area contributed by atoms with Crippen LogP contribution in [0.5, 0.6) is 0 Å². The van der Waals surface area contributed by atoms with Gasteiger partial charge in [-0.3, -0.25) is 9.59 Å². The third-order valence-electron chi connectivity index (χ3n) is 3.99. The number of ether oxygens (including phenoxy) is 1. The first-order chi connectivity index (χ1) is 12.0. The molecule has 1 unspecified atom stereocenters. The van der Waals surface area contributed by atoms with Crippen LogP contribution in [0, 0.1) is 12.8 Å². The van der Waals surface area contributed by atoms with Gasteiger partial charge in [0, 0.05) is 12.2 Å². The second-order valence-corrected chi connectivity index (χ2v) is 6.14. The minimum Gasteiger partial charge on any atom is -0.469 e. The summed E-state index contributed by atoms with van der Waals surface area (Å²) in [4.78, 5) is 24.1. The van der Waals surface area contributed by atoms with Gasteiger partial charge in [0.05, 0.1) is 19.4 Å². The van der Waals surface area contributed by atoms with E-state index in [1.54, 1.807) is 12.1 Å². The van der Waals surface area contributed by atoms with Crippen LogP contribution in [0.2, 0.25) is 0 Å². The van der Waals surface area contributed by atoms with Gasteiger partial charge in [-0.2, -0.15) is 0 Å². The van der Waals surface area contributed by atoms with Gasteiger partial charge in [0.15, 0.2) is 0 Å². The van der Waals surface area contributed by atoms with Crippen molar-refractivity contribution in [2.75, 3.05) is 19.4 Å². The smallest absolute Gasteiger partial charge is 0.310 e. The van der Waals surface area contributed by atoms with Gasteiger partial charge >= 0.3 is 5.97 Å². The highest BCUT2D eigenvalue weighted by Crippen LogP contribution is 2.12. The minimum atomic E-state index is -0.415. The lowest BCUT2D eigenvalue weighted by Crippen LogP contribution is -2.35. The molecule has 2 aromatic rings. The zero-order valence-corrected chi connectivity index (χ0v) is 14.6. The number of hydrogen-bond acceptors (Lipinski definition) is 4. The molecule has 0 saturated carbocycles. The lowest BCUT2D eigenvalue weighted by Gasteiger charge is -2.16. The maximum atomic E-state index is 12.1. The molecule has 0 aliphatic heterocycles. The molecule has 132 valence electrons. The first kappa shape index (κ1) is 18.5. The van der Waals surface area contributed by atoms with E-state index < -0.39 is 5.92 Å². The lowest BCUT2D eigenvalue weighted by molar-refractivity contribution is -0.145. The number of aryl methyl sites for hydroxylation is 1. The Morgan fingerprint density at radius 1 is 1.12 bits per heavy atom. The number of hydrogen-bond donors (Lipinski definition) is 2. The Kier molecular flexibility index (Phi) is 6.57. The van der Waals surface area contributed by atoms with Gasteiger partial charge in [-0.05, 0) is 36.6 Å². The summed E-state index contributed by atoms with van der Waals surface area (Å²) in [6.07, 6.45) is 0.773. The SMILES string of the molecule is COC(=O)C(CNC(=O)Cc1ccc(N)cc1)Cc1cccc(C)c1. The fourth-order valence-electron chi connectivity index (χ4n) is 2.65. The standard InChI is InChI=1S/C20H24N2O3/c1-14-4-3-5-16(10-14)11-17(20(24)25-2)13-22-19(23)12-15-6-8-18(21)9-7-15/h3-10,17H,11-13,21H2,1-2H3,(H,22,23). The number of methoxy groups -OCH3 is 1. The third kappa shape index (κ3) is 5.95. The van der Waals surface area contributed by atoms with Crippen LogP contribution >= 0.6 is 0 Å². The normalized spacial score (nSPS) is 11.6. The van der Waals surface area contributed by atoms with E-state index in [9.17, 15) is 9.59 Å². The molecule has 2 rings (SSSR count). The van der Waals surface area contributed by atoms with Gasteiger partial charge in [0.25, 0.3) is 0 Å². The summed E-state index contributed by atoms with van der Waals surface area (Å²) in [6.45, 7) is 2.25. The Balaban J connectivity index is 1.93. The van der Waals surface area contributed by atoms with Crippen molar-refractivity contribution >= 4 is 17.6 Å². The van der Waals surface area contributed by atoms with Crippen molar-refractivity contribution in [1.82, 2.24) is 5.32 Å². The molecule has 0 fully saturated rings. The summed E-state index contributed by atoms with van der Waals surface area (Å²) in [7, 11) is 1.36. The molecule has 0 bridgehead atoms. The van der Waals surface area contributed by atoms with Crippen molar-refractivity contribution < 1.29 is 14.3 Å². The van der Waals surface area contributed by atoms with Crippen molar-refractivity contribution in [3.8, 4) is 0 Å². The molecule has 2 aromatic carbocycles. The maximum Gasteiger partial charge on any atom is 0.310 e. The Morgan fingerprint density at radius 2 is 1.84 bits per heavy atom. The number of carbonyl (C=O) groups is 2. The number of nitrogens with one attached hydrogen (secondary N) is 1. The van der Waals surface area contributed by atoms with Crippen LogP contribution in [0.4, 0.5) is 5.69 Å². The van der Waals surface area contributed by atoms with Crippen molar-refractivity contribution in [2.24, 2.45) is 5.92 Å². The molecule has 25 heavy (non-hydrogen) atoms. The number of benzene rings is 2. The molecule has 1 atom stereocenters. The van der Waals surface area contributed by atoms with Crippen LogP contribution in [0.15, 0.2) is 48.5 Å². The molecule has 0 aliphatic carbocycles. The molecule has 0 spiro atoms. The Labute approximate surface area is 148 Å². The molecule has 1 amide bonds. The van der Waals surface area contributed by atoms with Crippen molar-refractivity contribution in [2.45, 2.75) is 19.8 Å². The number of rotatable bonds is 7. The quantitative estimate of drug-likeness (QED) is 0.598.